The minimum atomic E-state index is 0. The van der Waals surface area contributed by atoms with Gasteiger partial charge in [0.15, 0.2) is 0 Å². The Kier molecular flexibility index (Phi) is 6.80. The highest BCUT2D eigenvalue weighted by Crippen LogP contribution is 2.37. The van der Waals surface area contributed by atoms with Crippen LogP contribution in [-0.4, -0.2) is 29.9 Å². The number of halogens is 1. The van der Waals surface area contributed by atoms with Crippen molar-refractivity contribution in [3.05, 3.63) is 0 Å². The summed E-state index contributed by atoms with van der Waals surface area (Å²) in [5.74, 6) is 0.783. The Morgan fingerprint density at radius 1 is 1.25 bits per heavy atom. The Hall–Kier alpha value is -0.280. The Balaban J connectivity index is 0.00000200. The highest BCUT2D eigenvalue weighted by molar-refractivity contribution is 5.85. The number of rotatable bonds is 4. The number of likely N-dealkylation sites (tertiary alicyclic amines) is 1. The van der Waals surface area contributed by atoms with E-state index >= 15 is 0 Å². The minimum Gasteiger partial charge on any atom is -0.342 e. The Labute approximate surface area is 130 Å². The predicted octanol–water partition coefficient (Wildman–Crippen LogP) is 3.35. The van der Waals surface area contributed by atoms with Gasteiger partial charge in [0, 0.05) is 25.6 Å². The maximum absolute atomic E-state index is 12.4. The van der Waals surface area contributed by atoms with Gasteiger partial charge in [-0.25, -0.2) is 0 Å². The number of nitrogens with zero attached hydrogens (tertiary/aromatic N) is 1. The second-order valence-corrected chi connectivity index (χ2v) is 6.68. The molecule has 0 bridgehead atoms. The van der Waals surface area contributed by atoms with Crippen molar-refractivity contribution in [1.29, 1.82) is 0 Å². The number of hydrogen-bond acceptors (Lipinski definition) is 2. The average Bonchev–Trinajstić information content (AvgIpc) is 2.87. The Morgan fingerprint density at radius 2 is 1.90 bits per heavy atom. The smallest absolute Gasteiger partial charge is 0.222 e. The molecule has 0 aromatic heterocycles. The van der Waals surface area contributed by atoms with Crippen LogP contribution in [0.15, 0.2) is 0 Å². The number of carbonyl (C=O) groups is 1. The van der Waals surface area contributed by atoms with Gasteiger partial charge in [-0.2, -0.15) is 0 Å². The zero-order valence-electron chi connectivity index (χ0n) is 13.1. The van der Waals surface area contributed by atoms with Crippen molar-refractivity contribution in [3.63, 3.8) is 0 Å². The summed E-state index contributed by atoms with van der Waals surface area (Å²) < 4.78 is 0. The first-order chi connectivity index (χ1) is 9.10. The lowest BCUT2D eigenvalue weighted by Gasteiger charge is -2.30. The summed E-state index contributed by atoms with van der Waals surface area (Å²) >= 11 is 0. The molecule has 1 amide bonds. The third-order valence-corrected chi connectivity index (χ3v) is 5.70. The largest absolute Gasteiger partial charge is 0.342 e. The van der Waals surface area contributed by atoms with Crippen LogP contribution in [0, 0.1) is 11.3 Å². The fraction of sp³-hybridized carbons (Fsp3) is 0.938. The summed E-state index contributed by atoms with van der Waals surface area (Å²) in [5.41, 5.74) is 6.55. The summed E-state index contributed by atoms with van der Waals surface area (Å²) in [4.78, 5) is 14.6. The SMILES string of the molecule is CCC1(CC)CCN(C(=O)CC2CCCCC2N)C1.Cl. The summed E-state index contributed by atoms with van der Waals surface area (Å²) in [6.07, 6.45) is 8.99. The summed E-state index contributed by atoms with van der Waals surface area (Å²) in [6, 6.07) is 0.252. The van der Waals surface area contributed by atoms with Crippen LogP contribution < -0.4 is 5.73 Å². The maximum atomic E-state index is 12.4. The van der Waals surface area contributed by atoms with Gasteiger partial charge in [-0.05, 0) is 43.4 Å². The summed E-state index contributed by atoms with van der Waals surface area (Å²) in [5, 5.41) is 0. The van der Waals surface area contributed by atoms with E-state index in [0.29, 0.717) is 23.7 Å². The number of carbonyl (C=O) groups excluding carboxylic acids is 1. The minimum absolute atomic E-state index is 0. The molecule has 3 nitrogen and oxygen atoms in total. The molecule has 1 heterocycles. The van der Waals surface area contributed by atoms with Crippen LogP contribution in [0.4, 0.5) is 0 Å². The lowest BCUT2D eigenvalue weighted by molar-refractivity contribution is -0.132. The van der Waals surface area contributed by atoms with Crippen LogP contribution in [0.25, 0.3) is 0 Å². The zero-order chi connectivity index (χ0) is 13.9. The van der Waals surface area contributed by atoms with Gasteiger partial charge in [-0.15, -0.1) is 12.4 Å². The lowest BCUT2D eigenvalue weighted by atomic mass is 9.81. The molecule has 2 N–H and O–H groups in total. The van der Waals surface area contributed by atoms with E-state index < -0.39 is 0 Å². The van der Waals surface area contributed by atoms with Crippen molar-refractivity contribution in [2.24, 2.45) is 17.1 Å². The van der Waals surface area contributed by atoms with Gasteiger partial charge in [0.1, 0.15) is 0 Å². The molecule has 2 atom stereocenters. The molecular formula is C16H31ClN2O. The Morgan fingerprint density at radius 3 is 2.45 bits per heavy atom. The highest BCUT2D eigenvalue weighted by Gasteiger charge is 2.37. The van der Waals surface area contributed by atoms with Crippen LogP contribution in [0.3, 0.4) is 0 Å². The highest BCUT2D eigenvalue weighted by atomic mass is 35.5. The zero-order valence-corrected chi connectivity index (χ0v) is 13.9. The molecule has 4 heteroatoms. The van der Waals surface area contributed by atoms with E-state index in [0.717, 1.165) is 25.9 Å². The van der Waals surface area contributed by atoms with Gasteiger partial charge in [0.2, 0.25) is 5.91 Å². The molecular weight excluding hydrogens is 272 g/mol. The van der Waals surface area contributed by atoms with E-state index in [4.69, 9.17) is 5.73 Å². The van der Waals surface area contributed by atoms with Gasteiger partial charge in [-0.1, -0.05) is 26.7 Å². The van der Waals surface area contributed by atoms with E-state index in [2.05, 4.69) is 18.7 Å². The van der Waals surface area contributed by atoms with Gasteiger partial charge in [-0.3, -0.25) is 4.79 Å². The molecule has 118 valence electrons. The number of hydrogen-bond donors (Lipinski definition) is 1. The van der Waals surface area contributed by atoms with Gasteiger partial charge >= 0.3 is 0 Å². The first-order valence-electron chi connectivity index (χ1n) is 8.13. The molecule has 2 fully saturated rings. The summed E-state index contributed by atoms with van der Waals surface area (Å²) in [7, 11) is 0. The van der Waals surface area contributed by atoms with E-state index in [-0.39, 0.29) is 18.4 Å². The molecule has 2 rings (SSSR count). The number of nitrogens with two attached hydrogens (primary N) is 1. The molecule has 0 spiro atoms. The predicted molar refractivity (Wildman–Crippen MR) is 86.0 cm³/mol. The molecule has 1 aliphatic carbocycles. The van der Waals surface area contributed by atoms with Crippen molar-refractivity contribution < 1.29 is 4.79 Å². The van der Waals surface area contributed by atoms with Crippen LogP contribution in [0.2, 0.25) is 0 Å². The fourth-order valence-corrected chi connectivity index (χ4v) is 3.82. The fourth-order valence-electron chi connectivity index (χ4n) is 3.82. The lowest BCUT2D eigenvalue weighted by Crippen LogP contribution is -2.38. The van der Waals surface area contributed by atoms with Gasteiger partial charge in [0.25, 0.3) is 0 Å². The molecule has 0 radical (unpaired) electrons. The molecule has 2 aliphatic rings. The maximum Gasteiger partial charge on any atom is 0.222 e. The van der Waals surface area contributed by atoms with Crippen molar-refractivity contribution in [2.75, 3.05) is 13.1 Å². The number of amides is 1. The van der Waals surface area contributed by atoms with Crippen LogP contribution in [0.5, 0.6) is 0 Å². The van der Waals surface area contributed by atoms with Crippen LogP contribution in [-0.2, 0) is 4.79 Å². The standard InChI is InChI=1S/C16H30N2O.ClH/c1-3-16(4-2)9-10-18(12-16)15(19)11-13-7-5-6-8-14(13)17;/h13-14H,3-12,17H2,1-2H3;1H. The first kappa shape index (κ1) is 17.8. The van der Waals surface area contributed by atoms with E-state index in [1.54, 1.807) is 0 Å². The molecule has 2 unspecified atom stereocenters. The molecule has 0 aromatic rings. The van der Waals surface area contributed by atoms with Crippen molar-refractivity contribution in [3.8, 4) is 0 Å². The monoisotopic (exact) mass is 302 g/mol. The molecule has 1 saturated heterocycles. The van der Waals surface area contributed by atoms with Crippen molar-refractivity contribution in [1.82, 2.24) is 4.90 Å². The normalized spacial score (nSPS) is 29.1. The van der Waals surface area contributed by atoms with Crippen molar-refractivity contribution in [2.45, 2.75) is 71.3 Å². The van der Waals surface area contributed by atoms with Crippen LogP contribution >= 0.6 is 12.4 Å². The molecule has 20 heavy (non-hydrogen) atoms. The third kappa shape index (κ3) is 3.88. The quantitative estimate of drug-likeness (QED) is 0.865. The van der Waals surface area contributed by atoms with Gasteiger partial charge < -0.3 is 10.6 Å². The first-order valence-corrected chi connectivity index (χ1v) is 8.13. The molecule has 1 saturated carbocycles. The third-order valence-electron chi connectivity index (χ3n) is 5.70. The average molecular weight is 303 g/mol. The Bertz CT molecular complexity index is 318. The molecule has 1 aliphatic heterocycles. The molecule has 0 aromatic carbocycles. The van der Waals surface area contributed by atoms with Crippen LogP contribution in [0.1, 0.15) is 65.2 Å². The van der Waals surface area contributed by atoms with E-state index in [1.807, 2.05) is 0 Å². The van der Waals surface area contributed by atoms with E-state index in [9.17, 15) is 4.79 Å². The summed E-state index contributed by atoms with van der Waals surface area (Å²) in [6.45, 7) is 6.45. The van der Waals surface area contributed by atoms with Crippen molar-refractivity contribution >= 4 is 18.3 Å². The second-order valence-electron chi connectivity index (χ2n) is 6.68. The van der Waals surface area contributed by atoms with E-state index in [1.165, 1.54) is 32.1 Å². The second kappa shape index (κ2) is 7.65. The van der Waals surface area contributed by atoms with Gasteiger partial charge in [0.05, 0.1) is 0 Å². The topological polar surface area (TPSA) is 46.3 Å².